The molecule has 0 spiro atoms. The number of nitrogens with zero attached hydrogens (tertiary/aromatic N) is 1. The molecule has 0 fully saturated rings. The standard InChI is InChI=1S/C15H16FN3O2/c1-9-3-4-11(7-13(9)16)10(2)18-12-5-6-15(19(20)21)14(17)8-12/h3-8,10,18H,17H2,1-2H3. The molecular formula is C15H16FN3O2. The van der Waals surface area contributed by atoms with Crippen molar-refractivity contribution in [1.29, 1.82) is 0 Å². The molecule has 0 saturated carbocycles. The lowest BCUT2D eigenvalue weighted by atomic mass is 10.1. The van der Waals surface area contributed by atoms with Gasteiger partial charge in [-0.1, -0.05) is 12.1 Å². The summed E-state index contributed by atoms with van der Waals surface area (Å²) in [4.78, 5) is 10.2. The summed E-state index contributed by atoms with van der Waals surface area (Å²) < 4.78 is 13.6. The van der Waals surface area contributed by atoms with E-state index in [9.17, 15) is 14.5 Å². The lowest BCUT2D eigenvalue weighted by Gasteiger charge is -2.16. The average molecular weight is 289 g/mol. The van der Waals surface area contributed by atoms with Crippen LogP contribution in [0.15, 0.2) is 36.4 Å². The van der Waals surface area contributed by atoms with Crippen LogP contribution in [0.25, 0.3) is 0 Å². The molecule has 1 atom stereocenters. The SMILES string of the molecule is Cc1ccc(C(C)Nc2ccc([N+](=O)[O-])c(N)c2)cc1F. The number of nitrogen functional groups attached to an aromatic ring is 1. The number of benzene rings is 2. The van der Waals surface area contributed by atoms with Crippen molar-refractivity contribution in [2.45, 2.75) is 19.9 Å². The first-order valence-electron chi connectivity index (χ1n) is 6.45. The molecule has 0 heterocycles. The Morgan fingerprint density at radius 2 is 2.00 bits per heavy atom. The Balaban J connectivity index is 2.19. The molecule has 0 saturated heterocycles. The van der Waals surface area contributed by atoms with E-state index in [4.69, 9.17) is 5.73 Å². The molecule has 6 heteroatoms. The number of nitrogens with one attached hydrogen (secondary N) is 1. The fourth-order valence-electron chi connectivity index (χ4n) is 2.02. The second-order valence-electron chi connectivity index (χ2n) is 4.91. The molecular weight excluding hydrogens is 273 g/mol. The van der Waals surface area contributed by atoms with Crippen LogP contribution in [0.3, 0.4) is 0 Å². The van der Waals surface area contributed by atoms with E-state index >= 15 is 0 Å². The highest BCUT2D eigenvalue weighted by Gasteiger charge is 2.13. The second-order valence-corrected chi connectivity index (χ2v) is 4.91. The highest BCUT2D eigenvalue weighted by molar-refractivity contribution is 5.66. The van der Waals surface area contributed by atoms with Crippen LogP contribution < -0.4 is 11.1 Å². The maximum Gasteiger partial charge on any atom is 0.292 e. The van der Waals surface area contributed by atoms with Gasteiger partial charge in [0, 0.05) is 17.8 Å². The lowest BCUT2D eigenvalue weighted by Crippen LogP contribution is -2.08. The molecule has 2 aromatic rings. The van der Waals surface area contributed by atoms with Gasteiger partial charge in [0.25, 0.3) is 5.69 Å². The molecule has 2 aromatic carbocycles. The highest BCUT2D eigenvalue weighted by Crippen LogP contribution is 2.27. The smallest absolute Gasteiger partial charge is 0.292 e. The zero-order valence-corrected chi connectivity index (χ0v) is 11.8. The number of rotatable bonds is 4. The number of halogens is 1. The molecule has 2 rings (SSSR count). The number of nitrogens with two attached hydrogens (primary N) is 1. The minimum absolute atomic E-state index is 0.0901. The van der Waals surface area contributed by atoms with Crippen molar-refractivity contribution in [3.63, 3.8) is 0 Å². The van der Waals surface area contributed by atoms with Crippen LogP contribution in [0.4, 0.5) is 21.5 Å². The van der Waals surface area contributed by atoms with Crippen molar-refractivity contribution in [2.75, 3.05) is 11.1 Å². The van der Waals surface area contributed by atoms with Gasteiger partial charge in [-0.05, 0) is 43.2 Å². The Morgan fingerprint density at radius 3 is 2.57 bits per heavy atom. The predicted molar refractivity (Wildman–Crippen MR) is 80.7 cm³/mol. The minimum Gasteiger partial charge on any atom is -0.393 e. The zero-order chi connectivity index (χ0) is 15.6. The minimum atomic E-state index is -0.530. The normalized spacial score (nSPS) is 12.0. The predicted octanol–water partition coefficient (Wildman–Crippen LogP) is 3.80. The summed E-state index contributed by atoms with van der Waals surface area (Å²) >= 11 is 0. The number of hydrogen-bond donors (Lipinski definition) is 2. The topological polar surface area (TPSA) is 81.2 Å². The van der Waals surface area contributed by atoms with Crippen LogP contribution in [0, 0.1) is 22.9 Å². The highest BCUT2D eigenvalue weighted by atomic mass is 19.1. The maximum absolute atomic E-state index is 13.6. The van der Waals surface area contributed by atoms with E-state index in [-0.39, 0.29) is 23.2 Å². The monoisotopic (exact) mass is 289 g/mol. The number of nitro benzene ring substituents is 1. The molecule has 21 heavy (non-hydrogen) atoms. The van der Waals surface area contributed by atoms with Crippen LogP contribution in [0.5, 0.6) is 0 Å². The first-order valence-corrected chi connectivity index (χ1v) is 6.45. The van der Waals surface area contributed by atoms with Gasteiger partial charge in [-0.15, -0.1) is 0 Å². The molecule has 5 nitrogen and oxygen atoms in total. The number of hydrogen-bond acceptors (Lipinski definition) is 4. The third-order valence-electron chi connectivity index (χ3n) is 3.30. The zero-order valence-electron chi connectivity index (χ0n) is 11.8. The van der Waals surface area contributed by atoms with Gasteiger partial charge in [-0.2, -0.15) is 0 Å². The van der Waals surface area contributed by atoms with E-state index in [1.807, 2.05) is 13.0 Å². The summed E-state index contributed by atoms with van der Waals surface area (Å²) in [5.74, 6) is -0.260. The van der Waals surface area contributed by atoms with E-state index in [0.29, 0.717) is 11.3 Å². The van der Waals surface area contributed by atoms with Gasteiger partial charge in [0.15, 0.2) is 0 Å². The summed E-state index contributed by atoms with van der Waals surface area (Å²) in [6.07, 6.45) is 0. The molecule has 110 valence electrons. The molecule has 0 aliphatic heterocycles. The largest absolute Gasteiger partial charge is 0.393 e. The fourth-order valence-corrected chi connectivity index (χ4v) is 2.02. The van der Waals surface area contributed by atoms with Gasteiger partial charge in [-0.3, -0.25) is 10.1 Å². The molecule has 0 aliphatic carbocycles. The Kier molecular flexibility index (Phi) is 4.07. The quantitative estimate of drug-likeness (QED) is 0.509. The van der Waals surface area contributed by atoms with E-state index in [1.165, 1.54) is 18.2 Å². The van der Waals surface area contributed by atoms with Crippen LogP contribution in [-0.4, -0.2) is 4.92 Å². The summed E-state index contributed by atoms with van der Waals surface area (Å²) in [5, 5.41) is 13.9. The van der Waals surface area contributed by atoms with Gasteiger partial charge in [0.2, 0.25) is 0 Å². The van der Waals surface area contributed by atoms with Crippen LogP contribution in [0.2, 0.25) is 0 Å². The third kappa shape index (κ3) is 3.28. The summed E-state index contributed by atoms with van der Waals surface area (Å²) in [5.41, 5.74) is 7.62. The van der Waals surface area contributed by atoms with E-state index in [2.05, 4.69) is 5.32 Å². The van der Waals surface area contributed by atoms with Crippen molar-refractivity contribution in [3.05, 3.63) is 63.5 Å². The summed E-state index contributed by atoms with van der Waals surface area (Å²) in [6.45, 7) is 3.58. The molecule has 0 aliphatic rings. The van der Waals surface area contributed by atoms with Gasteiger partial charge >= 0.3 is 0 Å². The van der Waals surface area contributed by atoms with E-state index < -0.39 is 4.92 Å². The molecule has 0 aromatic heterocycles. The molecule has 0 bridgehead atoms. The first kappa shape index (κ1) is 14.8. The Hall–Kier alpha value is -2.63. The summed E-state index contributed by atoms with van der Waals surface area (Å²) in [7, 11) is 0. The Morgan fingerprint density at radius 1 is 1.29 bits per heavy atom. The van der Waals surface area contributed by atoms with Gasteiger partial charge in [-0.25, -0.2) is 4.39 Å². The third-order valence-corrected chi connectivity index (χ3v) is 3.30. The average Bonchev–Trinajstić information content (AvgIpc) is 2.41. The van der Waals surface area contributed by atoms with Gasteiger partial charge in [0.1, 0.15) is 11.5 Å². The molecule has 3 N–H and O–H groups in total. The van der Waals surface area contributed by atoms with Crippen molar-refractivity contribution in [2.24, 2.45) is 0 Å². The second kappa shape index (κ2) is 5.78. The van der Waals surface area contributed by atoms with E-state index in [0.717, 1.165) is 5.56 Å². The first-order chi connectivity index (χ1) is 9.88. The molecule has 0 amide bonds. The molecule has 1 unspecified atom stereocenters. The van der Waals surface area contributed by atoms with Crippen LogP contribution in [-0.2, 0) is 0 Å². The van der Waals surface area contributed by atoms with Gasteiger partial charge in [0.05, 0.1) is 4.92 Å². The number of nitro groups is 1. The van der Waals surface area contributed by atoms with Crippen molar-refractivity contribution >= 4 is 17.1 Å². The number of anilines is 2. The van der Waals surface area contributed by atoms with Crippen molar-refractivity contribution in [1.82, 2.24) is 0 Å². The van der Waals surface area contributed by atoms with Gasteiger partial charge < -0.3 is 11.1 Å². The van der Waals surface area contributed by atoms with Crippen molar-refractivity contribution in [3.8, 4) is 0 Å². The van der Waals surface area contributed by atoms with Crippen molar-refractivity contribution < 1.29 is 9.31 Å². The Labute approximate surface area is 121 Å². The molecule has 0 radical (unpaired) electrons. The maximum atomic E-state index is 13.6. The fraction of sp³-hybridized carbons (Fsp3) is 0.200. The lowest BCUT2D eigenvalue weighted by molar-refractivity contribution is -0.383. The Bertz CT molecular complexity index is 689. The van der Waals surface area contributed by atoms with Crippen LogP contribution >= 0.6 is 0 Å². The number of aryl methyl sites for hydroxylation is 1. The van der Waals surface area contributed by atoms with Crippen LogP contribution in [0.1, 0.15) is 24.1 Å². The van der Waals surface area contributed by atoms with E-state index in [1.54, 1.807) is 19.1 Å². The summed E-state index contributed by atoms with van der Waals surface area (Å²) in [6, 6.07) is 9.30.